The van der Waals surface area contributed by atoms with E-state index in [2.05, 4.69) is 20.5 Å². The molecule has 0 bridgehead atoms. The molecule has 2 heterocycles. The molecule has 0 atom stereocenters. The number of aromatic amines is 1. The minimum Gasteiger partial charge on any atom is -0.399 e. The van der Waals surface area contributed by atoms with Gasteiger partial charge >= 0.3 is 0 Å². The number of thiophene rings is 1. The zero-order valence-corrected chi connectivity index (χ0v) is 12.6. The standard InChI is InChI=1S/C15H15N5OS/c16-11-5-3-10(4-6-11)15(21)17-9-14-18-13(19-20-14)8-12-2-1-7-22-12/h1-7H,8-9,16H2,(H,17,21)(H,18,19,20). The molecule has 0 unspecified atom stereocenters. The lowest BCUT2D eigenvalue weighted by atomic mass is 10.2. The zero-order chi connectivity index (χ0) is 15.4. The van der Waals surface area contributed by atoms with E-state index in [1.807, 2.05) is 17.5 Å². The van der Waals surface area contributed by atoms with E-state index >= 15 is 0 Å². The second kappa shape index (κ2) is 6.40. The van der Waals surface area contributed by atoms with E-state index in [-0.39, 0.29) is 5.91 Å². The number of nitrogen functional groups attached to an aromatic ring is 1. The average molecular weight is 313 g/mol. The van der Waals surface area contributed by atoms with Gasteiger partial charge in [0.2, 0.25) is 0 Å². The van der Waals surface area contributed by atoms with Crippen molar-refractivity contribution in [1.82, 2.24) is 20.5 Å². The van der Waals surface area contributed by atoms with E-state index in [0.717, 1.165) is 5.82 Å². The highest BCUT2D eigenvalue weighted by Crippen LogP contribution is 2.12. The van der Waals surface area contributed by atoms with Gasteiger partial charge in [0, 0.05) is 22.5 Å². The van der Waals surface area contributed by atoms with Crippen molar-refractivity contribution in [1.29, 1.82) is 0 Å². The molecule has 3 rings (SSSR count). The molecular weight excluding hydrogens is 298 g/mol. The zero-order valence-electron chi connectivity index (χ0n) is 11.7. The Morgan fingerprint density at radius 3 is 2.82 bits per heavy atom. The minimum absolute atomic E-state index is 0.170. The van der Waals surface area contributed by atoms with Crippen LogP contribution in [0.1, 0.15) is 26.9 Å². The molecule has 3 aromatic rings. The number of nitrogens with one attached hydrogen (secondary N) is 2. The molecule has 0 fully saturated rings. The number of carbonyl (C=O) groups is 1. The fraction of sp³-hybridized carbons (Fsp3) is 0.133. The SMILES string of the molecule is Nc1ccc(C(=O)NCc2nc(Cc3cccs3)n[nH]2)cc1. The smallest absolute Gasteiger partial charge is 0.251 e. The van der Waals surface area contributed by atoms with Crippen LogP contribution in [0.3, 0.4) is 0 Å². The Morgan fingerprint density at radius 2 is 2.09 bits per heavy atom. The van der Waals surface area contributed by atoms with Gasteiger partial charge in [-0.25, -0.2) is 4.98 Å². The van der Waals surface area contributed by atoms with Crippen LogP contribution in [0.15, 0.2) is 41.8 Å². The molecule has 1 aromatic carbocycles. The number of anilines is 1. The van der Waals surface area contributed by atoms with Crippen LogP contribution in [-0.2, 0) is 13.0 Å². The van der Waals surface area contributed by atoms with Gasteiger partial charge in [-0.05, 0) is 35.7 Å². The molecule has 0 aliphatic heterocycles. The van der Waals surface area contributed by atoms with E-state index in [0.29, 0.717) is 30.0 Å². The van der Waals surface area contributed by atoms with Crippen molar-refractivity contribution in [2.24, 2.45) is 0 Å². The fourth-order valence-electron chi connectivity index (χ4n) is 1.96. The molecule has 0 saturated carbocycles. The van der Waals surface area contributed by atoms with Gasteiger partial charge in [0.25, 0.3) is 5.91 Å². The third-order valence-electron chi connectivity index (χ3n) is 3.08. The Morgan fingerprint density at radius 1 is 1.27 bits per heavy atom. The number of amides is 1. The third-order valence-corrected chi connectivity index (χ3v) is 3.96. The van der Waals surface area contributed by atoms with Crippen molar-refractivity contribution in [3.63, 3.8) is 0 Å². The minimum atomic E-state index is -0.170. The second-order valence-corrected chi connectivity index (χ2v) is 5.79. The van der Waals surface area contributed by atoms with E-state index in [9.17, 15) is 4.79 Å². The van der Waals surface area contributed by atoms with Gasteiger partial charge in [0.05, 0.1) is 6.54 Å². The molecule has 0 aliphatic carbocycles. The van der Waals surface area contributed by atoms with Gasteiger partial charge in [0.15, 0.2) is 5.82 Å². The summed E-state index contributed by atoms with van der Waals surface area (Å²) in [6.45, 7) is 0.306. The molecule has 4 N–H and O–H groups in total. The lowest BCUT2D eigenvalue weighted by molar-refractivity contribution is 0.0950. The first-order valence-electron chi connectivity index (χ1n) is 6.77. The average Bonchev–Trinajstić information content (AvgIpc) is 3.18. The number of benzene rings is 1. The number of nitrogens with two attached hydrogens (primary N) is 1. The number of hydrogen-bond donors (Lipinski definition) is 3. The van der Waals surface area contributed by atoms with Crippen LogP contribution >= 0.6 is 11.3 Å². The monoisotopic (exact) mass is 313 g/mol. The van der Waals surface area contributed by atoms with Crippen molar-refractivity contribution in [2.75, 3.05) is 5.73 Å². The number of carbonyl (C=O) groups excluding carboxylic acids is 1. The summed E-state index contributed by atoms with van der Waals surface area (Å²) in [5, 5.41) is 11.8. The highest BCUT2D eigenvalue weighted by Gasteiger charge is 2.08. The highest BCUT2D eigenvalue weighted by molar-refractivity contribution is 7.09. The van der Waals surface area contributed by atoms with E-state index in [1.54, 1.807) is 35.6 Å². The summed E-state index contributed by atoms with van der Waals surface area (Å²) in [4.78, 5) is 17.6. The van der Waals surface area contributed by atoms with Crippen LogP contribution in [0.5, 0.6) is 0 Å². The summed E-state index contributed by atoms with van der Waals surface area (Å²) in [5.41, 5.74) is 6.79. The van der Waals surface area contributed by atoms with Crippen LogP contribution < -0.4 is 11.1 Å². The van der Waals surface area contributed by atoms with Gasteiger partial charge in [0.1, 0.15) is 5.82 Å². The van der Waals surface area contributed by atoms with Crippen molar-refractivity contribution >= 4 is 22.9 Å². The molecule has 112 valence electrons. The Balaban J connectivity index is 1.56. The Bertz CT molecular complexity index is 749. The fourth-order valence-corrected chi connectivity index (χ4v) is 2.66. The number of aromatic nitrogens is 3. The summed E-state index contributed by atoms with van der Waals surface area (Å²) in [6.07, 6.45) is 0.695. The van der Waals surface area contributed by atoms with Crippen molar-refractivity contribution in [3.8, 4) is 0 Å². The Kier molecular flexibility index (Phi) is 4.15. The predicted octanol–water partition coefficient (Wildman–Crippen LogP) is 1.97. The summed E-state index contributed by atoms with van der Waals surface area (Å²) >= 11 is 1.67. The van der Waals surface area contributed by atoms with E-state index in [1.165, 1.54) is 4.88 Å². The number of hydrogen-bond acceptors (Lipinski definition) is 5. The summed E-state index contributed by atoms with van der Waals surface area (Å²) in [7, 11) is 0. The molecule has 22 heavy (non-hydrogen) atoms. The first-order chi connectivity index (χ1) is 10.7. The van der Waals surface area contributed by atoms with Gasteiger partial charge in [-0.1, -0.05) is 6.07 Å². The van der Waals surface area contributed by atoms with Gasteiger partial charge < -0.3 is 11.1 Å². The van der Waals surface area contributed by atoms with Crippen molar-refractivity contribution in [3.05, 3.63) is 63.9 Å². The van der Waals surface area contributed by atoms with Gasteiger partial charge in [-0.3, -0.25) is 9.89 Å². The Hall–Kier alpha value is -2.67. The summed E-state index contributed by atoms with van der Waals surface area (Å²) < 4.78 is 0. The number of H-pyrrole nitrogens is 1. The lowest BCUT2D eigenvalue weighted by Gasteiger charge is -2.03. The third kappa shape index (κ3) is 3.50. The second-order valence-electron chi connectivity index (χ2n) is 4.76. The number of nitrogens with zero attached hydrogens (tertiary/aromatic N) is 2. The molecule has 0 spiro atoms. The maximum atomic E-state index is 12.0. The Labute approximate surface area is 131 Å². The molecule has 0 saturated heterocycles. The van der Waals surface area contributed by atoms with Crippen LogP contribution in [0.4, 0.5) is 5.69 Å². The predicted molar refractivity (Wildman–Crippen MR) is 85.5 cm³/mol. The van der Waals surface area contributed by atoms with Crippen LogP contribution in [0.25, 0.3) is 0 Å². The summed E-state index contributed by atoms with van der Waals surface area (Å²) in [5.74, 6) is 1.19. The summed E-state index contributed by atoms with van der Waals surface area (Å²) in [6, 6.07) is 10.8. The topological polar surface area (TPSA) is 96.7 Å². The molecule has 7 heteroatoms. The molecule has 6 nitrogen and oxygen atoms in total. The highest BCUT2D eigenvalue weighted by atomic mass is 32.1. The van der Waals surface area contributed by atoms with Crippen LogP contribution in [-0.4, -0.2) is 21.1 Å². The van der Waals surface area contributed by atoms with Gasteiger partial charge in [-0.2, -0.15) is 5.10 Å². The normalized spacial score (nSPS) is 10.5. The molecule has 0 radical (unpaired) electrons. The maximum absolute atomic E-state index is 12.0. The quantitative estimate of drug-likeness (QED) is 0.627. The van der Waals surface area contributed by atoms with Crippen LogP contribution in [0, 0.1) is 0 Å². The van der Waals surface area contributed by atoms with Crippen molar-refractivity contribution in [2.45, 2.75) is 13.0 Å². The maximum Gasteiger partial charge on any atom is 0.251 e. The van der Waals surface area contributed by atoms with Crippen LogP contribution in [0.2, 0.25) is 0 Å². The molecule has 2 aromatic heterocycles. The first kappa shape index (κ1) is 14.3. The number of rotatable bonds is 5. The lowest BCUT2D eigenvalue weighted by Crippen LogP contribution is -2.23. The van der Waals surface area contributed by atoms with E-state index < -0.39 is 0 Å². The first-order valence-corrected chi connectivity index (χ1v) is 7.65. The van der Waals surface area contributed by atoms with Crippen molar-refractivity contribution < 1.29 is 4.79 Å². The van der Waals surface area contributed by atoms with Gasteiger partial charge in [-0.15, -0.1) is 11.3 Å². The largest absolute Gasteiger partial charge is 0.399 e. The van der Waals surface area contributed by atoms with E-state index in [4.69, 9.17) is 5.73 Å². The molecule has 1 amide bonds. The molecular formula is C15H15N5OS. The molecule has 0 aliphatic rings.